The van der Waals surface area contributed by atoms with E-state index in [9.17, 15) is 19.7 Å². The molecular weight excluding hydrogens is 510 g/mol. The molecule has 0 spiro atoms. The van der Waals surface area contributed by atoms with Gasteiger partial charge in [0, 0.05) is 29.6 Å². The number of non-ortho nitro benzene ring substituents is 1. The van der Waals surface area contributed by atoms with Gasteiger partial charge in [0.2, 0.25) is 5.91 Å². The van der Waals surface area contributed by atoms with Gasteiger partial charge in [-0.05, 0) is 47.7 Å². The predicted octanol–water partition coefficient (Wildman–Crippen LogP) is 4.89. The van der Waals surface area contributed by atoms with Crippen LogP contribution in [0.25, 0.3) is 0 Å². The van der Waals surface area contributed by atoms with E-state index in [1.165, 1.54) is 44.4 Å². The Balaban J connectivity index is 1.89. The van der Waals surface area contributed by atoms with Gasteiger partial charge in [-0.3, -0.25) is 19.7 Å². The van der Waals surface area contributed by atoms with E-state index < -0.39 is 22.8 Å². The average molecular weight is 538 g/mol. The quantitative estimate of drug-likeness (QED) is 0.245. The minimum absolute atomic E-state index is 0.143. The van der Waals surface area contributed by atoms with Crippen molar-refractivity contribution in [2.45, 2.75) is 16.9 Å². The minimum Gasteiger partial charge on any atom is -0.495 e. The van der Waals surface area contributed by atoms with E-state index in [-0.39, 0.29) is 23.0 Å². The number of ether oxygens (including phenoxy) is 3. The molecule has 2 atom stereocenters. The molecule has 0 unspecified atom stereocenters. The Bertz CT molecular complexity index is 1390. The summed E-state index contributed by atoms with van der Waals surface area (Å²) < 4.78 is 16.2. The van der Waals surface area contributed by atoms with E-state index in [4.69, 9.17) is 14.2 Å². The Morgan fingerprint density at radius 2 is 1.61 bits per heavy atom. The number of thioether (sulfide) groups is 1. The van der Waals surface area contributed by atoms with Crippen LogP contribution in [0.3, 0.4) is 0 Å². The Labute approximate surface area is 224 Å². The molecule has 0 saturated heterocycles. The summed E-state index contributed by atoms with van der Waals surface area (Å²) in [6, 6.07) is 14.1. The SMILES string of the molecule is COc1ccc([N+](=O)[O-])cc1NC(=O)[C@@H]1c2cc(OC)c(OC)cc2C(=O)N(C)[C@H]1c1ccc(SC)cc1. The molecule has 1 aliphatic rings. The van der Waals surface area contributed by atoms with Crippen LogP contribution in [-0.4, -0.2) is 56.3 Å². The fourth-order valence-corrected chi connectivity index (χ4v) is 5.07. The van der Waals surface area contributed by atoms with Crippen molar-refractivity contribution in [1.29, 1.82) is 0 Å². The molecule has 11 heteroatoms. The largest absolute Gasteiger partial charge is 0.495 e. The van der Waals surface area contributed by atoms with Gasteiger partial charge in [0.25, 0.3) is 11.6 Å². The molecule has 10 nitrogen and oxygen atoms in total. The van der Waals surface area contributed by atoms with E-state index in [1.807, 2.05) is 30.5 Å². The summed E-state index contributed by atoms with van der Waals surface area (Å²) in [7, 11) is 5.99. The highest BCUT2D eigenvalue weighted by molar-refractivity contribution is 7.98. The molecule has 3 aromatic carbocycles. The average Bonchev–Trinajstić information content (AvgIpc) is 2.93. The zero-order chi connectivity index (χ0) is 27.6. The number of nitro groups is 1. The van der Waals surface area contributed by atoms with Crippen molar-refractivity contribution < 1.29 is 28.7 Å². The number of fused-ring (bicyclic) bond motifs is 1. The highest BCUT2D eigenvalue weighted by Gasteiger charge is 2.44. The second-order valence-corrected chi connectivity index (χ2v) is 9.42. The van der Waals surface area contributed by atoms with E-state index in [1.54, 1.807) is 30.9 Å². The summed E-state index contributed by atoms with van der Waals surface area (Å²) in [6.07, 6.45) is 1.96. The summed E-state index contributed by atoms with van der Waals surface area (Å²) in [6.45, 7) is 0. The van der Waals surface area contributed by atoms with Gasteiger partial charge in [0.1, 0.15) is 5.75 Å². The van der Waals surface area contributed by atoms with E-state index in [0.29, 0.717) is 22.6 Å². The van der Waals surface area contributed by atoms with Crippen LogP contribution >= 0.6 is 11.8 Å². The maximum atomic E-state index is 14.0. The van der Waals surface area contributed by atoms with Crippen molar-refractivity contribution in [3.63, 3.8) is 0 Å². The van der Waals surface area contributed by atoms with Gasteiger partial charge >= 0.3 is 0 Å². The van der Waals surface area contributed by atoms with Gasteiger partial charge in [-0.25, -0.2) is 0 Å². The molecule has 198 valence electrons. The number of carbonyl (C=O) groups excluding carboxylic acids is 2. The first kappa shape index (κ1) is 26.8. The molecule has 1 N–H and O–H groups in total. The van der Waals surface area contributed by atoms with Gasteiger partial charge in [-0.15, -0.1) is 11.8 Å². The van der Waals surface area contributed by atoms with Gasteiger partial charge in [0.15, 0.2) is 11.5 Å². The lowest BCUT2D eigenvalue weighted by atomic mass is 9.79. The van der Waals surface area contributed by atoms with Crippen molar-refractivity contribution in [3.05, 3.63) is 81.4 Å². The summed E-state index contributed by atoms with van der Waals surface area (Å²) in [5.41, 5.74) is 1.45. The summed E-state index contributed by atoms with van der Waals surface area (Å²) in [5.74, 6) is -0.664. The second-order valence-electron chi connectivity index (χ2n) is 8.54. The Morgan fingerprint density at radius 1 is 0.974 bits per heavy atom. The van der Waals surface area contributed by atoms with E-state index >= 15 is 0 Å². The lowest BCUT2D eigenvalue weighted by Crippen LogP contribution is -2.44. The number of carbonyl (C=O) groups is 2. The topological polar surface area (TPSA) is 120 Å². The number of likely N-dealkylation sites (N-methyl/N-ethyl adjacent to an activating group) is 1. The molecule has 0 saturated carbocycles. The fraction of sp³-hybridized carbons (Fsp3) is 0.259. The molecule has 1 aliphatic heterocycles. The van der Waals surface area contributed by atoms with E-state index in [0.717, 1.165) is 10.5 Å². The molecule has 0 aliphatic carbocycles. The molecule has 38 heavy (non-hydrogen) atoms. The zero-order valence-corrected chi connectivity index (χ0v) is 22.3. The minimum atomic E-state index is -0.892. The molecule has 3 aromatic rings. The Hall–Kier alpha value is -4.25. The van der Waals surface area contributed by atoms with E-state index in [2.05, 4.69) is 5.32 Å². The smallest absolute Gasteiger partial charge is 0.271 e. The van der Waals surface area contributed by atoms with Gasteiger partial charge in [-0.1, -0.05) is 12.1 Å². The molecule has 0 radical (unpaired) electrons. The summed E-state index contributed by atoms with van der Waals surface area (Å²) in [4.78, 5) is 41.0. The molecule has 0 fully saturated rings. The maximum Gasteiger partial charge on any atom is 0.271 e. The van der Waals surface area contributed by atoms with Crippen molar-refractivity contribution in [1.82, 2.24) is 4.90 Å². The molecular formula is C27H27N3O7S. The van der Waals surface area contributed by atoms with Crippen molar-refractivity contribution in [3.8, 4) is 17.2 Å². The number of hydrogen-bond acceptors (Lipinski definition) is 8. The number of nitrogens with one attached hydrogen (secondary N) is 1. The zero-order valence-electron chi connectivity index (χ0n) is 21.5. The van der Waals surface area contributed by atoms with Crippen LogP contribution in [0.2, 0.25) is 0 Å². The van der Waals surface area contributed by atoms with Gasteiger partial charge < -0.3 is 24.4 Å². The van der Waals surface area contributed by atoms with Crippen LogP contribution in [-0.2, 0) is 4.79 Å². The molecule has 1 heterocycles. The second kappa shape index (κ2) is 11.0. The summed E-state index contributed by atoms with van der Waals surface area (Å²) in [5, 5.41) is 14.2. The first-order valence-electron chi connectivity index (χ1n) is 11.5. The monoisotopic (exact) mass is 537 g/mol. The van der Waals surface area contributed by atoms with Crippen LogP contribution in [0.5, 0.6) is 17.2 Å². The number of nitro benzene ring substituents is 1. The number of hydrogen-bond donors (Lipinski definition) is 1. The fourth-order valence-electron chi connectivity index (χ4n) is 4.67. The van der Waals surface area contributed by atoms with Gasteiger partial charge in [0.05, 0.1) is 43.9 Å². The molecule has 2 amide bonds. The third-order valence-electron chi connectivity index (χ3n) is 6.57. The first-order valence-corrected chi connectivity index (χ1v) is 12.8. The molecule has 0 bridgehead atoms. The van der Waals surface area contributed by atoms with Crippen LogP contribution in [0.1, 0.15) is 33.4 Å². The highest BCUT2D eigenvalue weighted by atomic mass is 32.2. The summed E-state index contributed by atoms with van der Waals surface area (Å²) >= 11 is 1.58. The van der Waals surface area contributed by atoms with Crippen LogP contribution in [0.15, 0.2) is 59.5 Å². The van der Waals surface area contributed by atoms with Crippen LogP contribution in [0, 0.1) is 10.1 Å². The first-order chi connectivity index (χ1) is 18.2. The Morgan fingerprint density at radius 3 is 2.18 bits per heavy atom. The standard InChI is InChI=1S/C27H27N3O7S/c1-29-25(15-6-9-17(38-5)10-7-15)24(18-13-22(36-3)23(37-4)14-19(18)27(29)32)26(31)28-20-12-16(30(33)34)8-11-21(20)35-2/h6-14,24-25H,1-5H3,(H,28,31)/t24-,25+/m1/s1. The van der Waals surface area contributed by atoms with Crippen molar-refractivity contribution >= 4 is 35.0 Å². The number of methoxy groups -OCH3 is 3. The number of nitrogens with zero attached hydrogens (tertiary/aromatic N) is 2. The van der Waals surface area contributed by atoms with Crippen molar-refractivity contribution in [2.24, 2.45) is 0 Å². The number of amides is 2. The normalized spacial score (nSPS) is 16.4. The van der Waals surface area contributed by atoms with Gasteiger partial charge in [-0.2, -0.15) is 0 Å². The third kappa shape index (κ3) is 4.84. The maximum absolute atomic E-state index is 14.0. The number of benzene rings is 3. The Kier molecular flexibility index (Phi) is 7.77. The van der Waals surface area contributed by atoms with Crippen LogP contribution in [0.4, 0.5) is 11.4 Å². The lowest BCUT2D eigenvalue weighted by molar-refractivity contribution is -0.384. The number of anilines is 1. The van der Waals surface area contributed by atoms with Crippen LogP contribution < -0.4 is 19.5 Å². The highest BCUT2D eigenvalue weighted by Crippen LogP contribution is 2.46. The predicted molar refractivity (Wildman–Crippen MR) is 144 cm³/mol. The van der Waals surface area contributed by atoms with Crippen molar-refractivity contribution in [2.75, 3.05) is 39.9 Å². The lowest BCUT2D eigenvalue weighted by Gasteiger charge is -2.40. The molecule has 4 rings (SSSR count). The third-order valence-corrected chi connectivity index (χ3v) is 7.31. The number of rotatable bonds is 8. The molecule has 0 aromatic heterocycles.